The molecule has 1 aliphatic carbocycles. The van der Waals surface area contributed by atoms with Crippen molar-refractivity contribution in [1.82, 2.24) is 10.2 Å². The lowest BCUT2D eigenvalue weighted by Crippen LogP contribution is -2.32. The number of hydrogen-bond donors (Lipinski definition) is 2. The highest BCUT2D eigenvalue weighted by Crippen LogP contribution is 2.36. The molecule has 0 aliphatic heterocycles. The van der Waals surface area contributed by atoms with Crippen LogP contribution in [0.3, 0.4) is 0 Å². The summed E-state index contributed by atoms with van der Waals surface area (Å²) in [5, 5.41) is 11.5. The fraction of sp³-hybridized carbons (Fsp3) is 0.353. The zero-order valence-electron chi connectivity index (χ0n) is 14.7. The van der Waals surface area contributed by atoms with Gasteiger partial charge in [-0.1, -0.05) is 30.0 Å². The van der Waals surface area contributed by atoms with Crippen LogP contribution in [0.1, 0.15) is 36.5 Å². The topological polar surface area (TPSA) is 118 Å². The van der Waals surface area contributed by atoms with Gasteiger partial charge < -0.3 is 11.1 Å². The van der Waals surface area contributed by atoms with Crippen molar-refractivity contribution in [1.29, 1.82) is 0 Å². The second-order valence-corrected chi connectivity index (χ2v) is 8.16. The number of nitrogens with one attached hydrogen (secondary N) is 1. The number of carbonyl (C=O) groups is 3. The molecule has 0 bridgehead atoms. The number of aromatic nitrogens is 2. The van der Waals surface area contributed by atoms with Gasteiger partial charge in [0.1, 0.15) is 0 Å². The van der Waals surface area contributed by atoms with Crippen LogP contribution in [-0.2, 0) is 9.59 Å². The Morgan fingerprint density at radius 3 is 2.56 bits per heavy atom. The summed E-state index contributed by atoms with van der Waals surface area (Å²) in [6.07, 6.45) is 2.41. The highest BCUT2D eigenvalue weighted by atomic mass is 32.2. The zero-order chi connectivity index (χ0) is 19.4. The molecule has 142 valence electrons. The average Bonchev–Trinajstić information content (AvgIpc) is 3.38. The van der Waals surface area contributed by atoms with Gasteiger partial charge in [-0.05, 0) is 37.1 Å². The van der Waals surface area contributed by atoms with E-state index in [0.717, 1.165) is 12.8 Å². The fourth-order valence-electron chi connectivity index (χ4n) is 2.37. The molecule has 1 aliphatic rings. The Hall–Kier alpha value is -2.46. The molecule has 0 atom stereocenters. The number of nitrogens with two attached hydrogens (primary N) is 1. The van der Waals surface area contributed by atoms with E-state index in [1.807, 2.05) is 6.92 Å². The number of primary amides is 1. The predicted octanol–water partition coefficient (Wildman–Crippen LogP) is 2.27. The molecule has 1 saturated carbocycles. The van der Waals surface area contributed by atoms with E-state index in [2.05, 4.69) is 15.5 Å². The molecule has 1 aromatic carbocycles. The van der Waals surface area contributed by atoms with Gasteiger partial charge >= 0.3 is 0 Å². The van der Waals surface area contributed by atoms with E-state index in [0.29, 0.717) is 27.1 Å². The predicted molar refractivity (Wildman–Crippen MR) is 105 cm³/mol. The summed E-state index contributed by atoms with van der Waals surface area (Å²) < 4.78 is 0.638. The van der Waals surface area contributed by atoms with Crippen molar-refractivity contribution < 1.29 is 14.4 Å². The monoisotopic (exact) mass is 405 g/mol. The first-order valence-electron chi connectivity index (χ1n) is 8.46. The number of rotatable bonds is 8. The Bertz CT molecular complexity index is 849. The Morgan fingerprint density at radius 1 is 1.26 bits per heavy atom. The lowest BCUT2D eigenvalue weighted by Gasteiger charge is -2.17. The maximum Gasteiger partial charge on any atom is 0.248 e. The molecular formula is C17H19N5O3S2. The van der Waals surface area contributed by atoms with Crippen LogP contribution >= 0.6 is 23.1 Å². The van der Waals surface area contributed by atoms with Gasteiger partial charge in [-0.3, -0.25) is 19.3 Å². The molecule has 27 heavy (non-hydrogen) atoms. The number of nitrogens with zero attached hydrogens (tertiary/aromatic N) is 3. The summed E-state index contributed by atoms with van der Waals surface area (Å²) in [5.74, 6) is -0.510. The minimum atomic E-state index is -0.516. The van der Waals surface area contributed by atoms with Crippen LogP contribution in [0.15, 0.2) is 28.6 Å². The Balaban J connectivity index is 1.54. The fourth-order valence-corrected chi connectivity index (χ4v) is 4.10. The van der Waals surface area contributed by atoms with Crippen LogP contribution in [0.4, 0.5) is 10.8 Å². The van der Waals surface area contributed by atoms with Crippen molar-refractivity contribution in [2.45, 2.75) is 36.6 Å². The van der Waals surface area contributed by atoms with Crippen molar-refractivity contribution in [3.05, 3.63) is 29.8 Å². The third-order valence-corrected chi connectivity index (χ3v) is 5.92. The van der Waals surface area contributed by atoms with Crippen LogP contribution in [0, 0.1) is 0 Å². The lowest BCUT2D eigenvalue weighted by molar-refractivity contribution is -0.118. The summed E-state index contributed by atoms with van der Waals surface area (Å²) in [5.41, 5.74) is 6.15. The third kappa shape index (κ3) is 5.04. The van der Waals surface area contributed by atoms with Gasteiger partial charge in [0.2, 0.25) is 22.9 Å². The second-order valence-electron chi connectivity index (χ2n) is 5.98. The largest absolute Gasteiger partial charge is 0.366 e. The number of anilines is 2. The minimum absolute atomic E-state index is 0.0438. The van der Waals surface area contributed by atoms with E-state index in [1.54, 1.807) is 29.2 Å². The van der Waals surface area contributed by atoms with Gasteiger partial charge in [-0.15, -0.1) is 10.2 Å². The molecule has 1 heterocycles. The molecule has 3 rings (SSSR count). The van der Waals surface area contributed by atoms with Crippen molar-refractivity contribution >= 4 is 51.6 Å². The maximum absolute atomic E-state index is 12.1. The molecule has 1 aromatic heterocycles. The number of benzene rings is 1. The van der Waals surface area contributed by atoms with Gasteiger partial charge in [0.05, 0.1) is 5.75 Å². The van der Waals surface area contributed by atoms with Crippen LogP contribution < -0.4 is 16.0 Å². The normalized spacial score (nSPS) is 13.2. The molecule has 2 aromatic rings. The molecule has 3 amide bonds. The van der Waals surface area contributed by atoms with Crippen LogP contribution in [0.5, 0.6) is 0 Å². The van der Waals surface area contributed by atoms with Gasteiger partial charge in [0.25, 0.3) is 0 Å². The highest BCUT2D eigenvalue weighted by Gasteiger charge is 2.35. The number of carbonyl (C=O) groups excluding carboxylic acids is 3. The Morgan fingerprint density at radius 2 is 1.96 bits per heavy atom. The van der Waals surface area contributed by atoms with Crippen molar-refractivity contribution in [3.63, 3.8) is 0 Å². The summed E-state index contributed by atoms with van der Waals surface area (Å²) >= 11 is 2.59. The van der Waals surface area contributed by atoms with Crippen molar-refractivity contribution in [2.24, 2.45) is 5.73 Å². The number of thioether (sulfide) groups is 1. The summed E-state index contributed by atoms with van der Waals surface area (Å²) in [4.78, 5) is 37.0. The second kappa shape index (κ2) is 8.49. The van der Waals surface area contributed by atoms with Crippen LogP contribution in [0.2, 0.25) is 0 Å². The molecule has 3 N–H and O–H groups in total. The third-order valence-electron chi connectivity index (χ3n) is 3.86. The first-order chi connectivity index (χ1) is 13.0. The molecule has 0 spiro atoms. The molecular weight excluding hydrogens is 386 g/mol. The molecule has 0 unspecified atom stereocenters. The maximum atomic E-state index is 12.1. The summed E-state index contributed by atoms with van der Waals surface area (Å²) in [6.45, 7) is 1.83. The molecule has 8 nitrogen and oxygen atoms in total. The standard InChI is InChI=1S/C17H19N5O3S2/c1-2-14(24)22(12-7-8-12)16-20-21-17(27-16)26-9-13(23)19-11-5-3-10(4-6-11)15(18)25/h3-6,12H,2,7-9H2,1H3,(H2,18,25)(H,19,23). The first-order valence-corrected chi connectivity index (χ1v) is 10.3. The van der Waals surface area contributed by atoms with E-state index in [-0.39, 0.29) is 23.6 Å². The quantitative estimate of drug-likeness (QED) is 0.514. The van der Waals surface area contributed by atoms with E-state index >= 15 is 0 Å². The van der Waals surface area contributed by atoms with Crippen LogP contribution in [0.25, 0.3) is 0 Å². The first kappa shape index (κ1) is 19.3. The number of amides is 3. The zero-order valence-corrected chi connectivity index (χ0v) is 16.3. The van der Waals surface area contributed by atoms with Gasteiger partial charge in [-0.2, -0.15) is 0 Å². The smallest absolute Gasteiger partial charge is 0.248 e. The molecule has 0 radical (unpaired) electrons. The molecule has 1 fully saturated rings. The Labute approximate surface area is 164 Å². The van der Waals surface area contributed by atoms with E-state index < -0.39 is 5.91 Å². The van der Waals surface area contributed by atoms with Crippen molar-refractivity contribution in [2.75, 3.05) is 16.0 Å². The SMILES string of the molecule is CCC(=O)N(c1nnc(SCC(=O)Nc2ccc(C(N)=O)cc2)s1)C1CC1. The van der Waals surface area contributed by atoms with Gasteiger partial charge in [0.15, 0.2) is 4.34 Å². The molecule has 10 heteroatoms. The average molecular weight is 406 g/mol. The number of hydrogen-bond acceptors (Lipinski definition) is 7. The van der Waals surface area contributed by atoms with Gasteiger partial charge in [0, 0.05) is 23.7 Å². The molecule has 0 saturated heterocycles. The van der Waals surface area contributed by atoms with E-state index in [1.165, 1.54) is 23.1 Å². The minimum Gasteiger partial charge on any atom is -0.366 e. The van der Waals surface area contributed by atoms with Crippen LogP contribution in [-0.4, -0.2) is 39.7 Å². The van der Waals surface area contributed by atoms with Crippen molar-refractivity contribution in [3.8, 4) is 0 Å². The lowest BCUT2D eigenvalue weighted by atomic mass is 10.2. The Kier molecular flexibility index (Phi) is 6.07. The van der Waals surface area contributed by atoms with E-state index in [9.17, 15) is 14.4 Å². The summed E-state index contributed by atoms with van der Waals surface area (Å²) in [7, 11) is 0. The highest BCUT2D eigenvalue weighted by molar-refractivity contribution is 8.01. The van der Waals surface area contributed by atoms with E-state index in [4.69, 9.17) is 5.73 Å². The van der Waals surface area contributed by atoms with Gasteiger partial charge in [-0.25, -0.2) is 0 Å². The summed E-state index contributed by atoms with van der Waals surface area (Å²) in [6, 6.07) is 6.58.